The number of nitrogens with zero attached hydrogens (tertiary/aromatic N) is 3. The van der Waals surface area contributed by atoms with Crippen molar-refractivity contribution in [3.8, 4) is 0 Å². The number of aryl methyl sites for hydroxylation is 1. The number of hydrogen-bond acceptors (Lipinski definition) is 3. The largest absolute Gasteiger partial charge is 0.302 e. The molecule has 1 aromatic heterocycles. The van der Waals surface area contributed by atoms with Gasteiger partial charge in [0.25, 0.3) is 0 Å². The van der Waals surface area contributed by atoms with Gasteiger partial charge in [0.15, 0.2) is 5.78 Å². The maximum atomic E-state index is 12.1. The predicted molar refractivity (Wildman–Crippen MR) is 87.2 cm³/mol. The number of aromatic nitrogens is 2. The fourth-order valence-corrected chi connectivity index (χ4v) is 2.50. The number of Topliss-reactive ketones (excluding diaryl/α,β-unsaturated/α-hetero) is 1. The molecule has 5 heteroatoms. The van der Waals surface area contributed by atoms with Gasteiger partial charge in [0.2, 0.25) is 0 Å². The zero-order valence-corrected chi connectivity index (χ0v) is 14.0. The molecule has 0 aliphatic heterocycles. The first-order valence-electron chi connectivity index (χ1n) is 6.99. The molecule has 0 saturated carbocycles. The summed E-state index contributed by atoms with van der Waals surface area (Å²) in [4.78, 5) is 14.3. The van der Waals surface area contributed by atoms with Gasteiger partial charge >= 0.3 is 0 Å². The van der Waals surface area contributed by atoms with Gasteiger partial charge in [-0.1, -0.05) is 28.1 Å². The summed E-state index contributed by atoms with van der Waals surface area (Å²) < 4.78 is 2.80. The zero-order chi connectivity index (χ0) is 15.2. The van der Waals surface area contributed by atoms with Crippen LogP contribution in [-0.4, -0.2) is 34.1 Å². The van der Waals surface area contributed by atoms with Crippen LogP contribution in [0, 0.1) is 0 Å². The van der Waals surface area contributed by atoms with Gasteiger partial charge in [-0.15, -0.1) is 0 Å². The molecule has 0 aliphatic rings. The van der Waals surface area contributed by atoms with Gasteiger partial charge in [-0.2, -0.15) is 5.10 Å². The number of carbonyl (C=O) groups excluding carboxylic acids is 1. The minimum Gasteiger partial charge on any atom is -0.302 e. The highest BCUT2D eigenvalue weighted by atomic mass is 79.9. The van der Waals surface area contributed by atoms with E-state index in [4.69, 9.17) is 0 Å². The van der Waals surface area contributed by atoms with Crippen molar-refractivity contribution < 1.29 is 4.79 Å². The number of carbonyl (C=O) groups is 1. The van der Waals surface area contributed by atoms with Gasteiger partial charge in [-0.25, -0.2) is 0 Å². The summed E-state index contributed by atoms with van der Waals surface area (Å²) in [7, 11) is 3.98. The topological polar surface area (TPSA) is 38.1 Å². The molecule has 0 bridgehead atoms. The van der Waals surface area contributed by atoms with Crippen LogP contribution in [0.2, 0.25) is 0 Å². The van der Waals surface area contributed by atoms with Crippen LogP contribution in [0.15, 0.2) is 41.1 Å². The molecule has 4 nitrogen and oxygen atoms in total. The Morgan fingerprint density at radius 1 is 1.33 bits per heavy atom. The molecule has 1 heterocycles. The van der Waals surface area contributed by atoms with Crippen LogP contribution in [0.4, 0.5) is 0 Å². The van der Waals surface area contributed by atoms with Gasteiger partial charge in [0.05, 0.1) is 6.20 Å². The summed E-state index contributed by atoms with van der Waals surface area (Å²) in [6.45, 7) is 1.76. The second-order valence-corrected chi connectivity index (χ2v) is 6.21. The number of halogens is 1. The van der Waals surface area contributed by atoms with Crippen molar-refractivity contribution in [2.24, 2.45) is 7.05 Å². The van der Waals surface area contributed by atoms with Gasteiger partial charge in [-0.05, 0) is 32.1 Å². The Kier molecular flexibility index (Phi) is 5.70. The summed E-state index contributed by atoms with van der Waals surface area (Å²) in [5.41, 5.74) is 1.98. The fraction of sp³-hybridized carbons (Fsp3) is 0.375. The molecule has 0 spiro atoms. The quantitative estimate of drug-likeness (QED) is 0.720. The Bertz CT molecular complexity index is 592. The van der Waals surface area contributed by atoms with Gasteiger partial charge in [0.1, 0.15) is 0 Å². The number of benzene rings is 1. The average molecular weight is 350 g/mol. The van der Waals surface area contributed by atoms with E-state index in [1.165, 1.54) is 5.56 Å². The van der Waals surface area contributed by atoms with Crippen molar-refractivity contribution in [1.82, 2.24) is 14.7 Å². The first-order chi connectivity index (χ1) is 10.0. The Morgan fingerprint density at radius 2 is 2.05 bits per heavy atom. The van der Waals surface area contributed by atoms with E-state index in [2.05, 4.69) is 33.0 Å². The summed E-state index contributed by atoms with van der Waals surface area (Å²) >= 11 is 3.37. The van der Waals surface area contributed by atoms with E-state index in [1.54, 1.807) is 4.68 Å². The van der Waals surface area contributed by atoms with E-state index < -0.39 is 0 Å². The molecule has 0 amide bonds. The van der Waals surface area contributed by atoms with Crippen LogP contribution in [0.1, 0.15) is 28.8 Å². The molecule has 0 aliphatic carbocycles. The molecule has 0 N–H and O–H groups in total. The molecule has 1 aromatic carbocycles. The lowest BCUT2D eigenvalue weighted by atomic mass is 10.1. The van der Waals surface area contributed by atoms with E-state index in [1.807, 2.05) is 43.7 Å². The van der Waals surface area contributed by atoms with Crippen molar-refractivity contribution >= 4 is 21.7 Å². The summed E-state index contributed by atoms with van der Waals surface area (Å²) in [6, 6.07) is 7.54. The van der Waals surface area contributed by atoms with E-state index in [-0.39, 0.29) is 5.78 Å². The van der Waals surface area contributed by atoms with Crippen LogP contribution in [-0.2, 0) is 13.6 Å². The lowest BCUT2D eigenvalue weighted by molar-refractivity contribution is 0.0976. The smallest absolute Gasteiger partial charge is 0.162 e. The summed E-state index contributed by atoms with van der Waals surface area (Å²) in [5, 5.41) is 4.16. The molecule has 0 saturated heterocycles. The molecular formula is C16H20BrN3O. The molecule has 21 heavy (non-hydrogen) atoms. The Morgan fingerprint density at radius 3 is 2.67 bits per heavy atom. The second kappa shape index (κ2) is 7.52. The first kappa shape index (κ1) is 15.9. The van der Waals surface area contributed by atoms with Crippen LogP contribution in [0.3, 0.4) is 0 Å². The zero-order valence-electron chi connectivity index (χ0n) is 12.4. The highest BCUT2D eigenvalue weighted by Crippen LogP contribution is 2.13. The number of ketones is 1. The van der Waals surface area contributed by atoms with Crippen LogP contribution < -0.4 is 0 Å². The minimum atomic E-state index is 0.206. The van der Waals surface area contributed by atoms with E-state index in [0.29, 0.717) is 6.42 Å². The second-order valence-electron chi connectivity index (χ2n) is 5.29. The average Bonchev–Trinajstić information content (AvgIpc) is 2.84. The molecule has 0 atom stereocenters. The Labute approximate surface area is 133 Å². The van der Waals surface area contributed by atoms with Crippen LogP contribution >= 0.6 is 15.9 Å². The Hall–Kier alpha value is -1.46. The molecule has 0 unspecified atom stereocenters. The molecule has 2 aromatic rings. The normalized spacial score (nSPS) is 11.0. The van der Waals surface area contributed by atoms with Crippen molar-refractivity contribution in [1.29, 1.82) is 0 Å². The Balaban J connectivity index is 1.73. The fourth-order valence-electron chi connectivity index (χ4n) is 2.23. The van der Waals surface area contributed by atoms with E-state index in [9.17, 15) is 4.79 Å². The van der Waals surface area contributed by atoms with Crippen molar-refractivity contribution in [3.05, 3.63) is 52.3 Å². The third kappa shape index (κ3) is 5.10. The molecular weight excluding hydrogens is 330 g/mol. The standard InChI is InChI=1S/C16H20BrN3O/c1-19(11-13-10-18-20(2)12-13)9-3-4-16(21)14-5-7-15(17)8-6-14/h5-8,10,12H,3-4,9,11H2,1-2H3. The van der Waals surface area contributed by atoms with Gasteiger partial charge < -0.3 is 4.90 Å². The molecule has 2 rings (SSSR count). The maximum absolute atomic E-state index is 12.1. The SMILES string of the molecule is CN(CCCC(=O)c1ccc(Br)cc1)Cc1cnn(C)c1. The van der Waals surface area contributed by atoms with Crippen molar-refractivity contribution in [2.45, 2.75) is 19.4 Å². The highest BCUT2D eigenvalue weighted by Gasteiger charge is 2.07. The molecule has 112 valence electrons. The molecule has 0 fully saturated rings. The highest BCUT2D eigenvalue weighted by molar-refractivity contribution is 9.10. The van der Waals surface area contributed by atoms with Crippen molar-refractivity contribution in [3.63, 3.8) is 0 Å². The first-order valence-corrected chi connectivity index (χ1v) is 7.79. The summed E-state index contributed by atoms with van der Waals surface area (Å²) in [5.74, 6) is 0.206. The molecule has 0 radical (unpaired) electrons. The maximum Gasteiger partial charge on any atom is 0.162 e. The predicted octanol–water partition coefficient (Wildman–Crippen LogP) is 3.28. The minimum absolute atomic E-state index is 0.206. The third-order valence-corrected chi connectivity index (χ3v) is 3.85. The van der Waals surface area contributed by atoms with Crippen molar-refractivity contribution in [2.75, 3.05) is 13.6 Å². The van der Waals surface area contributed by atoms with Gasteiger partial charge in [0, 0.05) is 41.8 Å². The lowest BCUT2D eigenvalue weighted by Gasteiger charge is -2.15. The van der Waals surface area contributed by atoms with Crippen LogP contribution in [0.5, 0.6) is 0 Å². The third-order valence-electron chi connectivity index (χ3n) is 3.32. The number of rotatable bonds is 7. The summed E-state index contributed by atoms with van der Waals surface area (Å²) in [6.07, 6.45) is 5.34. The monoisotopic (exact) mass is 349 g/mol. The number of hydrogen-bond donors (Lipinski definition) is 0. The van der Waals surface area contributed by atoms with E-state index in [0.717, 1.165) is 29.5 Å². The van der Waals surface area contributed by atoms with Crippen LogP contribution in [0.25, 0.3) is 0 Å². The van der Waals surface area contributed by atoms with Gasteiger partial charge in [-0.3, -0.25) is 9.48 Å². The van der Waals surface area contributed by atoms with E-state index >= 15 is 0 Å². The lowest BCUT2D eigenvalue weighted by Crippen LogP contribution is -2.19.